The molecule has 1 rings (SSSR count). The van der Waals surface area contributed by atoms with E-state index in [0.29, 0.717) is 12.5 Å². The normalized spacial score (nSPS) is 29.9. The van der Waals surface area contributed by atoms with Crippen LogP contribution in [0, 0.1) is 11.8 Å². The Labute approximate surface area is 85.8 Å². The standard InChI is InChI=1S/C11H20O3/c1-8(6-12)5-9(2)10-7-13-11(3,4)14-10/h6,8-10H,5,7H2,1-4H3. The molecule has 1 saturated heterocycles. The van der Waals surface area contributed by atoms with E-state index in [1.807, 2.05) is 20.8 Å². The maximum Gasteiger partial charge on any atom is 0.163 e. The second-order valence-electron chi connectivity index (χ2n) is 4.69. The third-order valence-corrected chi connectivity index (χ3v) is 2.64. The number of ether oxygens (including phenoxy) is 2. The Kier molecular flexibility index (Phi) is 3.67. The van der Waals surface area contributed by atoms with Crippen LogP contribution in [0.5, 0.6) is 0 Å². The largest absolute Gasteiger partial charge is 0.348 e. The molecule has 3 heteroatoms. The molecule has 0 aromatic rings. The number of carbonyl (C=O) groups excluding carboxylic acids is 1. The quantitative estimate of drug-likeness (QED) is 0.651. The molecular weight excluding hydrogens is 180 g/mol. The number of rotatable bonds is 4. The molecule has 1 fully saturated rings. The molecule has 0 aromatic heterocycles. The highest BCUT2D eigenvalue weighted by Gasteiger charge is 2.35. The van der Waals surface area contributed by atoms with Gasteiger partial charge in [-0.25, -0.2) is 0 Å². The molecule has 0 saturated carbocycles. The number of hydrogen-bond donors (Lipinski definition) is 0. The summed E-state index contributed by atoms with van der Waals surface area (Å²) in [4.78, 5) is 10.5. The van der Waals surface area contributed by atoms with Gasteiger partial charge in [-0.2, -0.15) is 0 Å². The predicted molar refractivity (Wildman–Crippen MR) is 53.9 cm³/mol. The lowest BCUT2D eigenvalue weighted by atomic mass is 9.94. The van der Waals surface area contributed by atoms with E-state index in [1.54, 1.807) is 0 Å². The van der Waals surface area contributed by atoms with Gasteiger partial charge in [0.2, 0.25) is 0 Å². The summed E-state index contributed by atoms with van der Waals surface area (Å²) in [5.74, 6) is 0.0258. The van der Waals surface area contributed by atoms with Crippen molar-refractivity contribution in [1.82, 2.24) is 0 Å². The minimum atomic E-state index is -0.455. The molecule has 1 aliphatic rings. The van der Waals surface area contributed by atoms with Gasteiger partial charge < -0.3 is 14.3 Å². The van der Waals surface area contributed by atoms with Crippen LogP contribution in [0.15, 0.2) is 0 Å². The Balaban J connectivity index is 2.39. The smallest absolute Gasteiger partial charge is 0.163 e. The van der Waals surface area contributed by atoms with Gasteiger partial charge in [0.25, 0.3) is 0 Å². The Hall–Kier alpha value is -0.410. The van der Waals surface area contributed by atoms with E-state index in [0.717, 1.165) is 12.7 Å². The zero-order valence-electron chi connectivity index (χ0n) is 9.45. The van der Waals surface area contributed by atoms with Crippen molar-refractivity contribution in [1.29, 1.82) is 0 Å². The maximum absolute atomic E-state index is 10.5. The van der Waals surface area contributed by atoms with Crippen LogP contribution >= 0.6 is 0 Å². The molecule has 3 atom stereocenters. The molecule has 0 N–H and O–H groups in total. The van der Waals surface area contributed by atoms with Gasteiger partial charge >= 0.3 is 0 Å². The van der Waals surface area contributed by atoms with Crippen molar-refractivity contribution < 1.29 is 14.3 Å². The van der Waals surface area contributed by atoms with Crippen molar-refractivity contribution in [3.63, 3.8) is 0 Å². The minimum absolute atomic E-state index is 0.109. The lowest BCUT2D eigenvalue weighted by Crippen LogP contribution is -2.26. The Morgan fingerprint density at radius 2 is 2.14 bits per heavy atom. The van der Waals surface area contributed by atoms with Crippen molar-refractivity contribution in [3.8, 4) is 0 Å². The molecule has 82 valence electrons. The number of carbonyl (C=O) groups is 1. The first-order valence-corrected chi connectivity index (χ1v) is 5.21. The van der Waals surface area contributed by atoms with Crippen LogP contribution in [-0.2, 0) is 14.3 Å². The number of aldehydes is 1. The summed E-state index contributed by atoms with van der Waals surface area (Å²) in [6.07, 6.45) is 2.00. The van der Waals surface area contributed by atoms with Crippen molar-refractivity contribution >= 4 is 6.29 Å². The molecule has 14 heavy (non-hydrogen) atoms. The second-order valence-corrected chi connectivity index (χ2v) is 4.69. The summed E-state index contributed by atoms with van der Waals surface area (Å²) in [5, 5.41) is 0. The zero-order chi connectivity index (χ0) is 10.8. The molecule has 1 aliphatic heterocycles. The summed E-state index contributed by atoms with van der Waals surface area (Å²) in [6.45, 7) is 8.52. The molecule has 0 spiro atoms. The second kappa shape index (κ2) is 4.41. The highest BCUT2D eigenvalue weighted by Crippen LogP contribution is 2.29. The van der Waals surface area contributed by atoms with Crippen LogP contribution in [0.25, 0.3) is 0 Å². The highest BCUT2D eigenvalue weighted by molar-refractivity contribution is 5.52. The van der Waals surface area contributed by atoms with E-state index < -0.39 is 5.79 Å². The summed E-state index contributed by atoms with van der Waals surface area (Å²) >= 11 is 0. The lowest BCUT2D eigenvalue weighted by Gasteiger charge is -2.21. The first-order chi connectivity index (χ1) is 6.44. The van der Waals surface area contributed by atoms with Gasteiger partial charge in [-0.1, -0.05) is 13.8 Å². The van der Waals surface area contributed by atoms with Crippen LogP contribution in [0.2, 0.25) is 0 Å². The Morgan fingerprint density at radius 3 is 2.57 bits per heavy atom. The van der Waals surface area contributed by atoms with E-state index >= 15 is 0 Å². The maximum atomic E-state index is 10.5. The summed E-state index contributed by atoms with van der Waals surface area (Å²) in [6, 6.07) is 0. The van der Waals surface area contributed by atoms with Crippen molar-refractivity contribution in [2.24, 2.45) is 11.8 Å². The highest BCUT2D eigenvalue weighted by atomic mass is 16.7. The molecule has 0 aliphatic carbocycles. The van der Waals surface area contributed by atoms with E-state index in [4.69, 9.17) is 9.47 Å². The third kappa shape index (κ3) is 3.07. The fourth-order valence-corrected chi connectivity index (χ4v) is 1.79. The first kappa shape index (κ1) is 11.7. The summed E-state index contributed by atoms with van der Waals surface area (Å²) in [7, 11) is 0. The lowest BCUT2D eigenvalue weighted by molar-refractivity contribution is -0.144. The molecule has 0 radical (unpaired) electrons. The predicted octanol–water partition coefficient (Wildman–Crippen LogP) is 2.00. The Bertz CT molecular complexity index is 201. The zero-order valence-corrected chi connectivity index (χ0v) is 9.45. The Morgan fingerprint density at radius 1 is 1.50 bits per heavy atom. The van der Waals surface area contributed by atoms with Crippen molar-refractivity contribution in [2.45, 2.75) is 46.0 Å². The summed E-state index contributed by atoms with van der Waals surface area (Å²) < 4.78 is 11.2. The van der Waals surface area contributed by atoms with E-state index in [2.05, 4.69) is 6.92 Å². The van der Waals surface area contributed by atoms with Crippen LogP contribution in [-0.4, -0.2) is 24.8 Å². The summed E-state index contributed by atoms with van der Waals surface area (Å²) in [5.41, 5.74) is 0. The average molecular weight is 200 g/mol. The van der Waals surface area contributed by atoms with Gasteiger partial charge in [0, 0.05) is 5.92 Å². The van der Waals surface area contributed by atoms with E-state index in [1.165, 1.54) is 0 Å². The molecule has 1 heterocycles. The van der Waals surface area contributed by atoms with Crippen molar-refractivity contribution in [2.75, 3.05) is 6.61 Å². The average Bonchev–Trinajstić information content (AvgIpc) is 2.46. The van der Waals surface area contributed by atoms with Gasteiger partial charge in [0.1, 0.15) is 6.29 Å². The fourth-order valence-electron chi connectivity index (χ4n) is 1.79. The van der Waals surface area contributed by atoms with Gasteiger partial charge in [-0.15, -0.1) is 0 Å². The molecule has 0 aromatic carbocycles. The molecule has 0 amide bonds. The van der Waals surface area contributed by atoms with E-state index in [9.17, 15) is 4.79 Å². The fraction of sp³-hybridized carbons (Fsp3) is 0.909. The molecular formula is C11H20O3. The van der Waals surface area contributed by atoms with Crippen LogP contribution < -0.4 is 0 Å². The van der Waals surface area contributed by atoms with Gasteiger partial charge in [-0.05, 0) is 26.2 Å². The SMILES string of the molecule is CC(C=O)CC(C)C1COC(C)(C)O1. The third-order valence-electron chi connectivity index (χ3n) is 2.64. The van der Waals surface area contributed by atoms with Gasteiger partial charge in [-0.3, -0.25) is 0 Å². The topological polar surface area (TPSA) is 35.5 Å². The van der Waals surface area contributed by atoms with Gasteiger partial charge in [0.05, 0.1) is 12.7 Å². The number of hydrogen-bond acceptors (Lipinski definition) is 3. The van der Waals surface area contributed by atoms with Crippen LogP contribution in [0.4, 0.5) is 0 Å². The first-order valence-electron chi connectivity index (χ1n) is 5.21. The van der Waals surface area contributed by atoms with E-state index in [-0.39, 0.29) is 12.0 Å². The van der Waals surface area contributed by atoms with Crippen molar-refractivity contribution in [3.05, 3.63) is 0 Å². The monoisotopic (exact) mass is 200 g/mol. The van der Waals surface area contributed by atoms with Crippen LogP contribution in [0.1, 0.15) is 34.1 Å². The molecule has 3 nitrogen and oxygen atoms in total. The van der Waals surface area contributed by atoms with Crippen LogP contribution in [0.3, 0.4) is 0 Å². The minimum Gasteiger partial charge on any atom is -0.348 e. The molecule has 3 unspecified atom stereocenters. The molecule has 0 bridgehead atoms. The van der Waals surface area contributed by atoms with Gasteiger partial charge in [0.15, 0.2) is 5.79 Å².